The van der Waals surface area contributed by atoms with Gasteiger partial charge in [-0.1, -0.05) is 0 Å². The van der Waals surface area contributed by atoms with Crippen LogP contribution in [0.25, 0.3) is 0 Å². The second-order valence-corrected chi connectivity index (χ2v) is 3.53. The number of aromatic hydroxyl groups is 1. The number of nitrogens with one attached hydrogen (secondary N) is 1. The minimum Gasteiger partial charge on any atom is -0.508 e. The minimum atomic E-state index is -0.376. The van der Waals surface area contributed by atoms with Crippen LogP contribution in [0.1, 0.15) is 16.2 Å². The summed E-state index contributed by atoms with van der Waals surface area (Å²) in [5, 5.41) is 11.9. The number of amides is 1. The van der Waals surface area contributed by atoms with E-state index in [0.717, 1.165) is 5.56 Å². The lowest BCUT2D eigenvalue weighted by molar-refractivity contribution is 0.101. The maximum Gasteiger partial charge on any atom is 0.293 e. The van der Waals surface area contributed by atoms with Crippen molar-refractivity contribution in [1.82, 2.24) is 9.97 Å². The van der Waals surface area contributed by atoms with E-state index < -0.39 is 0 Å². The van der Waals surface area contributed by atoms with Gasteiger partial charge in [0.1, 0.15) is 5.75 Å². The molecular formula is C12H11N3O2. The van der Waals surface area contributed by atoms with E-state index in [-0.39, 0.29) is 17.5 Å². The van der Waals surface area contributed by atoms with Gasteiger partial charge in [-0.15, -0.1) is 0 Å². The van der Waals surface area contributed by atoms with Gasteiger partial charge in [0.15, 0.2) is 0 Å². The maximum absolute atomic E-state index is 11.8. The number of hydrogen-bond acceptors (Lipinski definition) is 4. The van der Waals surface area contributed by atoms with Gasteiger partial charge in [0.25, 0.3) is 5.91 Å². The molecular weight excluding hydrogens is 218 g/mol. The van der Waals surface area contributed by atoms with Crippen LogP contribution in [0.15, 0.2) is 36.7 Å². The molecule has 1 amide bonds. The molecule has 0 atom stereocenters. The van der Waals surface area contributed by atoms with Crippen LogP contribution in [-0.4, -0.2) is 21.0 Å². The van der Waals surface area contributed by atoms with Crippen molar-refractivity contribution in [3.05, 3.63) is 48.0 Å². The van der Waals surface area contributed by atoms with Crippen molar-refractivity contribution in [1.29, 1.82) is 0 Å². The van der Waals surface area contributed by atoms with Crippen molar-refractivity contribution in [3.8, 4) is 5.75 Å². The third-order valence-electron chi connectivity index (χ3n) is 2.23. The number of benzene rings is 1. The lowest BCUT2D eigenvalue weighted by atomic mass is 10.2. The molecule has 17 heavy (non-hydrogen) atoms. The molecule has 5 nitrogen and oxygen atoms in total. The molecule has 0 spiro atoms. The van der Waals surface area contributed by atoms with Crippen molar-refractivity contribution in [3.63, 3.8) is 0 Å². The Labute approximate surface area is 98.2 Å². The van der Waals surface area contributed by atoms with Gasteiger partial charge in [-0.25, -0.2) is 9.97 Å². The second kappa shape index (κ2) is 4.61. The van der Waals surface area contributed by atoms with E-state index >= 15 is 0 Å². The first-order valence-corrected chi connectivity index (χ1v) is 5.05. The standard InChI is InChI=1S/C12H11N3O2/c1-8-7-9(16)3-4-10(8)15-12(17)11-13-5-2-6-14-11/h2-7,16H,1H3,(H,15,17). The molecule has 2 rings (SSSR count). The number of phenolic OH excluding ortho intramolecular Hbond substituents is 1. The van der Waals surface area contributed by atoms with Gasteiger partial charge < -0.3 is 10.4 Å². The Balaban J connectivity index is 2.19. The van der Waals surface area contributed by atoms with Crippen LogP contribution < -0.4 is 5.32 Å². The molecule has 1 heterocycles. The number of nitrogens with zero attached hydrogens (tertiary/aromatic N) is 2. The number of rotatable bonds is 2. The predicted molar refractivity (Wildman–Crippen MR) is 62.8 cm³/mol. The molecule has 0 unspecified atom stereocenters. The summed E-state index contributed by atoms with van der Waals surface area (Å²) >= 11 is 0. The molecule has 86 valence electrons. The highest BCUT2D eigenvalue weighted by molar-refractivity contribution is 6.01. The quantitative estimate of drug-likeness (QED) is 0.769. The summed E-state index contributed by atoms with van der Waals surface area (Å²) in [5.41, 5.74) is 1.40. The summed E-state index contributed by atoms with van der Waals surface area (Å²) < 4.78 is 0. The zero-order valence-electron chi connectivity index (χ0n) is 9.21. The fourth-order valence-electron chi connectivity index (χ4n) is 1.38. The van der Waals surface area contributed by atoms with Crippen molar-refractivity contribution >= 4 is 11.6 Å². The van der Waals surface area contributed by atoms with E-state index in [0.29, 0.717) is 5.69 Å². The van der Waals surface area contributed by atoms with Crippen LogP contribution in [0.3, 0.4) is 0 Å². The molecule has 1 aromatic heterocycles. The Morgan fingerprint density at radius 1 is 1.29 bits per heavy atom. The Bertz CT molecular complexity index is 541. The van der Waals surface area contributed by atoms with Crippen LogP contribution in [0.2, 0.25) is 0 Å². The van der Waals surface area contributed by atoms with Gasteiger partial charge >= 0.3 is 0 Å². The average Bonchev–Trinajstić information content (AvgIpc) is 2.34. The number of aryl methyl sites for hydroxylation is 1. The number of anilines is 1. The molecule has 5 heteroatoms. The normalized spacial score (nSPS) is 9.94. The highest BCUT2D eigenvalue weighted by Crippen LogP contribution is 2.20. The number of hydrogen-bond donors (Lipinski definition) is 2. The third-order valence-corrected chi connectivity index (χ3v) is 2.23. The summed E-state index contributed by atoms with van der Waals surface area (Å²) in [6, 6.07) is 6.35. The Hall–Kier alpha value is -2.43. The van der Waals surface area contributed by atoms with E-state index in [4.69, 9.17) is 0 Å². The molecule has 0 bridgehead atoms. The number of carbonyl (C=O) groups is 1. The highest BCUT2D eigenvalue weighted by Gasteiger charge is 2.09. The Morgan fingerprint density at radius 3 is 2.65 bits per heavy atom. The van der Waals surface area contributed by atoms with E-state index in [1.807, 2.05) is 0 Å². The summed E-state index contributed by atoms with van der Waals surface area (Å²) in [5.74, 6) is -0.101. The zero-order chi connectivity index (χ0) is 12.3. The summed E-state index contributed by atoms with van der Waals surface area (Å²) in [6.07, 6.45) is 3.01. The van der Waals surface area contributed by atoms with Crippen LogP contribution in [-0.2, 0) is 0 Å². The van der Waals surface area contributed by atoms with Gasteiger partial charge in [-0.3, -0.25) is 4.79 Å². The van der Waals surface area contributed by atoms with Crippen molar-refractivity contribution in [2.45, 2.75) is 6.92 Å². The smallest absolute Gasteiger partial charge is 0.293 e. The highest BCUT2D eigenvalue weighted by atomic mass is 16.3. The van der Waals surface area contributed by atoms with Gasteiger partial charge in [-0.2, -0.15) is 0 Å². The molecule has 0 aliphatic rings. The summed E-state index contributed by atoms with van der Waals surface area (Å²) in [6.45, 7) is 1.79. The van der Waals surface area contributed by atoms with Gasteiger partial charge in [0.2, 0.25) is 5.82 Å². The van der Waals surface area contributed by atoms with Gasteiger partial charge in [-0.05, 0) is 36.8 Å². The van der Waals surface area contributed by atoms with Crippen LogP contribution in [0, 0.1) is 6.92 Å². The Morgan fingerprint density at radius 2 is 2.00 bits per heavy atom. The molecule has 0 saturated heterocycles. The second-order valence-electron chi connectivity index (χ2n) is 3.53. The molecule has 0 aliphatic heterocycles. The molecule has 0 fully saturated rings. The fraction of sp³-hybridized carbons (Fsp3) is 0.0833. The lowest BCUT2D eigenvalue weighted by Crippen LogP contribution is -2.15. The van der Waals surface area contributed by atoms with E-state index in [2.05, 4.69) is 15.3 Å². The van der Waals surface area contributed by atoms with Crippen molar-refractivity contribution in [2.75, 3.05) is 5.32 Å². The molecule has 2 N–H and O–H groups in total. The van der Waals surface area contributed by atoms with Crippen molar-refractivity contribution < 1.29 is 9.90 Å². The van der Waals surface area contributed by atoms with Gasteiger partial charge in [0.05, 0.1) is 0 Å². The minimum absolute atomic E-state index is 0.111. The SMILES string of the molecule is Cc1cc(O)ccc1NC(=O)c1ncccn1. The summed E-state index contributed by atoms with van der Waals surface area (Å²) in [4.78, 5) is 19.5. The van der Waals surface area contributed by atoms with Gasteiger partial charge in [0, 0.05) is 18.1 Å². The van der Waals surface area contributed by atoms with E-state index in [1.54, 1.807) is 25.1 Å². The molecule has 2 aromatic rings. The van der Waals surface area contributed by atoms with Crippen LogP contribution in [0.5, 0.6) is 5.75 Å². The first kappa shape index (κ1) is 11.1. The number of carbonyl (C=O) groups excluding carboxylic acids is 1. The van der Waals surface area contributed by atoms with E-state index in [1.165, 1.54) is 18.5 Å². The molecule has 0 radical (unpaired) electrons. The molecule has 1 aromatic carbocycles. The van der Waals surface area contributed by atoms with Crippen molar-refractivity contribution in [2.24, 2.45) is 0 Å². The fourth-order valence-corrected chi connectivity index (χ4v) is 1.38. The topological polar surface area (TPSA) is 75.1 Å². The Kier molecular flexibility index (Phi) is 3.00. The maximum atomic E-state index is 11.8. The van der Waals surface area contributed by atoms with E-state index in [9.17, 15) is 9.90 Å². The first-order chi connectivity index (χ1) is 8.16. The first-order valence-electron chi connectivity index (χ1n) is 5.05. The number of phenols is 1. The number of aromatic nitrogens is 2. The average molecular weight is 229 g/mol. The third kappa shape index (κ3) is 2.57. The van der Waals surface area contributed by atoms with Crippen LogP contribution in [0.4, 0.5) is 5.69 Å². The lowest BCUT2D eigenvalue weighted by Gasteiger charge is -2.07. The largest absolute Gasteiger partial charge is 0.508 e. The predicted octanol–water partition coefficient (Wildman–Crippen LogP) is 1.74. The molecule has 0 aliphatic carbocycles. The zero-order valence-corrected chi connectivity index (χ0v) is 9.21. The molecule has 0 saturated carbocycles. The van der Waals surface area contributed by atoms with Crippen LogP contribution >= 0.6 is 0 Å². The summed E-state index contributed by atoms with van der Waals surface area (Å²) in [7, 11) is 0. The monoisotopic (exact) mass is 229 g/mol.